The lowest BCUT2D eigenvalue weighted by Crippen LogP contribution is -2.11. The van der Waals surface area contributed by atoms with Crippen molar-refractivity contribution in [2.24, 2.45) is 0 Å². The highest BCUT2D eigenvalue weighted by Gasteiger charge is 2.18. The number of methoxy groups -OCH3 is 1. The van der Waals surface area contributed by atoms with Crippen LogP contribution in [0.4, 0.5) is 0 Å². The van der Waals surface area contributed by atoms with E-state index in [0.29, 0.717) is 11.3 Å². The second-order valence-corrected chi connectivity index (χ2v) is 4.28. The monoisotopic (exact) mass is 284 g/mol. The number of hydrogen-bond donors (Lipinski definition) is 1. The summed E-state index contributed by atoms with van der Waals surface area (Å²) >= 11 is 0. The highest BCUT2D eigenvalue weighted by Crippen LogP contribution is 2.21. The number of carboxylic acids is 1. The minimum absolute atomic E-state index is 0.0526. The molecule has 0 atom stereocenters. The zero-order chi connectivity index (χ0) is 15.1. The van der Waals surface area contributed by atoms with E-state index < -0.39 is 5.97 Å². The molecule has 2 aromatic carbocycles. The summed E-state index contributed by atoms with van der Waals surface area (Å²) in [5.41, 5.74) is 0.688. The number of aliphatic carboxylic acids is 1. The van der Waals surface area contributed by atoms with Crippen molar-refractivity contribution in [1.82, 2.24) is 0 Å². The summed E-state index contributed by atoms with van der Waals surface area (Å²) < 4.78 is 10.8. The van der Waals surface area contributed by atoms with Crippen molar-refractivity contribution in [3.8, 4) is 5.75 Å². The number of ether oxygens (including phenoxy) is 2. The predicted octanol–water partition coefficient (Wildman–Crippen LogP) is 3.21. The van der Waals surface area contributed by atoms with Gasteiger partial charge in [-0.25, -0.2) is 4.79 Å². The molecule has 0 heterocycles. The summed E-state index contributed by atoms with van der Waals surface area (Å²) in [5, 5.41) is 9.43. The first-order valence-electron chi connectivity index (χ1n) is 6.46. The average Bonchev–Trinajstić information content (AvgIpc) is 2.52. The van der Waals surface area contributed by atoms with Crippen molar-refractivity contribution in [3.05, 3.63) is 72.0 Å². The van der Waals surface area contributed by atoms with Crippen LogP contribution in [-0.2, 0) is 9.53 Å². The Morgan fingerprint density at radius 3 is 2.10 bits per heavy atom. The van der Waals surface area contributed by atoms with Crippen LogP contribution in [0.1, 0.15) is 5.56 Å². The van der Waals surface area contributed by atoms with Crippen molar-refractivity contribution in [2.75, 3.05) is 13.7 Å². The van der Waals surface area contributed by atoms with E-state index in [2.05, 4.69) is 0 Å². The minimum Gasteiger partial charge on any atom is -0.497 e. The van der Waals surface area contributed by atoms with Crippen LogP contribution in [0, 0.1) is 0 Å². The first-order chi connectivity index (χ1) is 10.2. The van der Waals surface area contributed by atoms with Crippen LogP contribution in [0.3, 0.4) is 0 Å². The van der Waals surface area contributed by atoms with Crippen molar-refractivity contribution in [2.45, 2.75) is 0 Å². The number of rotatable bonds is 6. The molecule has 2 rings (SSSR count). The number of para-hydroxylation sites is 1. The maximum Gasteiger partial charge on any atom is 0.339 e. The summed E-state index contributed by atoms with van der Waals surface area (Å²) in [6, 6.07) is 18.0. The normalized spacial score (nSPS) is 11.5. The Morgan fingerprint density at radius 1 is 1.00 bits per heavy atom. The fraction of sp³-hybridized carbons (Fsp3) is 0.118. The predicted molar refractivity (Wildman–Crippen MR) is 79.9 cm³/mol. The van der Waals surface area contributed by atoms with Crippen LogP contribution in [0.15, 0.2) is 66.4 Å². The zero-order valence-corrected chi connectivity index (χ0v) is 11.7. The van der Waals surface area contributed by atoms with Crippen molar-refractivity contribution < 1.29 is 19.4 Å². The van der Waals surface area contributed by atoms with E-state index in [-0.39, 0.29) is 17.9 Å². The molecular formula is C17H16O4. The molecule has 2 aromatic rings. The molecule has 0 radical (unpaired) electrons. The Hall–Kier alpha value is -2.75. The van der Waals surface area contributed by atoms with E-state index in [1.165, 1.54) is 7.11 Å². The number of carboxylic acid groups (broad SMARTS) is 1. The number of hydrogen-bond acceptors (Lipinski definition) is 3. The number of benzene rings is 2. The van der Waals surface area contributed by atoms with Gasteiger partial charge in [-0.1, -0.05) is 48.5 Å². The molecule has 0 aliphatic rings. The molecule has 4 nitrogen and oxygen atoms in total. The van der Waals surface area contributed by atoms with Crippen molar-refractivity contribution in [1.29, 1.82) is 0 Å². The second-order valence-electron chi connectivity index (χ2n) is 4.28. The maximum absolute atomic E-state index is 11.5. The first-order valence-corrected chi connectivity index (χ1v) is 6.46. The van der Waals surface area contributed by atoms with Crippen LogP contribution in [-0.4, -0.2) is 24.8 Å². The van der Waals surface area contributed by atoms with E-state index in [0.717, 1.165) is 0 Å². The van der Waals surface area contributed by atoms with Gasteiger partial charge in [0.1, 0.15) is 23.7 Å². The van der Waals surface area contributed by atoms with Gasteiger partial charge < -0.3 is 14.6 Å². The molecule has 1 N–H and O–H groups in total. The van der Waals surface area contributed by atoms with E-state index in [4.69, 9.17) is 9.47 Å². The molecule has 0 bridgehead atoms. The Morgan fingerprint density at radius 2 is 1.57 bits per heavy atom. The van der Waals surface area contributed by atoms with Gasteiger partial charge in [-0.3, -0.25) is 0 Å². The summed E-state index contributed by atoms with van der Waals surface area (Å²) in [7, 11) is 1.44. The van der Waals surface area contributed by atoms with Crippen molar-refractivity contribution >= 4 is 11.5 Å². The van der Waals surface area contributed by atoms with Crippen molar-refractivity contribution in [3.63, 3.8) is 0 Å². The molecule has 21 heavy (non-hydrogen) atoms. The Kier molecular flexibility index (Phi) is 4.99. The fourth-order valence-electron chi connectivity index (χ4n) is 1.91. The summed E-state index contributed by atoms with van der Waals surface area (Å²) in [6.45, 7) is 0.0526. The van der Waals surface area contributed by atoms with Crippen LogP contribution in [0.25, 0.3) is 5.57 Å². The van der Waals surface area contributed by atoms with Gasteiger partial charge in [0, 0.05) is 0 Å². The topological polar surface area (TPSA) is 55.8 Å². The van der Waals surface area contributed by atoms with E-state index >= 15 is 0 Å². The van der Waals surface area contributed by atoms with Gasteiger partial charge in [0.2, 0.25) is 0 Å². The van der Waals surface area contributed by atoms with Crippen LogP contribution < -0.4 is 4.74 Å². The summed E-state index contributed by atoms with van der Waals surface area (Å²) in [4.78, 5) is 11.5. The number of carbonyl (C=O) groups is 1. The van der Waals surface area contributed by atoms with Crippen LogP contribution in [0.2, 0.25) is 0 Å². The maximum atomic E-state index is 11.5. The molecule has 0 saturated carbocycles. The van der Waals surface area contributed by atoms with Gasteiger partial charge in [-0.05, 0) is 17.7 Å². The molecule has 0 amide bonds. The second kappa shape index (κ2) is 7.14. The van der Waals surface area contributed by atoms with Gasteiger partial charge in [0.15, 0.2) is 0 Å². The largest absolute Gasteiger partial charge is 0.497 e. The quantitative estimate of drug-likeness (QED) is 0.653. The standard InChI is InChI=1S/C17H16O4/c1-20-15(12-21-14-10-6-3-7-11-14)16(17(18)19)13-8-4-2-5-9-13/h2-11H,12H2,1H3,(H,18,19). The molecule has 0 aliphatic carbocycles. The van der Waals surface area contributed by atoms with E-state index in [1.807, 2.05) is 24.3 Å². The minimum atomic E-state index is -1.05. The van der Waals surface area contributed by atoms with Crippen LogP contribution >= 0.6 is 0 Å². The Balaban J connectivity index is 2.28. The van der Waals surface area contributed by atoms with E-state index in [9.17, 15) is 9.90 Å². The molecule has 0 unspecified atom stereocenters. The van der Waals surface area contributed by atoms with E-state index in [1.54, 1.807) is 36.4 Å². The molecule has 0 saturated heterocycles. The summed E-state index contributed by atoms with van der Waals surface area (Å²) in [6.07, 6.45) is 0. The zero-order valence-electron chi connectivity index (χ0n) is 11.7. The lowest BCUT2D eigenvalue weighted by atomic mass is 10.1. The molecule has 108 valence electrons. The third kappa shape index (κ3) is 3.86. The van der Waals surface area contributed by atoms with Crippen LogP contribution in [0.5, 0.6) is 5.75 Å². The molecule has 0 spiro atoms. The summed E-state index contributed by atoms with van der Waals surface area (Å²) in [5.74, 6) is -0.114. The molecule has 0 aliphatic heterocycles. The highest BCUT2D eigenvalue weighted by atomic mass is 16.5. The lowest BCUT2D eigenvalue weighted by Gasteiger charge is -2.13. The third-order valence-electron chi connectivity index (χ3n) is 2.91. The highest BCUT2D eigenvalue weighted by molar-refractivity contribution is 6.16. The Bertz CT molecular complexity index is 618. The third-order valence-corrected chi connectivity index (χ3v) is 2.91. The lowest BCUT2D eigenvalue weighted by molar-refractivity contribution is -0.130. The molecule has 0 aromatic heterocycles. The first kappa shape index (κ1) is 14.7. The fourth-order valence-corrected chi connectivity index (χ4v) is 1.91. The SMILES string of the molecule is COC(COc1ccccc1)=C(C(=O)O)c1ccccc1. The van der Waals surface area contributed by atoms with Gasteiger partial charge >= 0.3 is 5.97 Å². The smallest absolute Gasteiger partial charge is 0.339 e. The molecular weight excluding hydrogens is 268 g/mol. The van der Waals surface area contributed by atoms with Gasteiger partial charge in [0.25, 0.3) is 0 Å². The Labute approximate surface area is 123 Å². The van der Waals surface area contributed by atoms with Gasteiger partial charge in [0.05, 0.1) is 7.11 Å². The molecule has 4 heteroatoms. The van der Waals surface area contributed by atoms with Gasteiger partial charge in [-0.15, -0.1) is 0 Å². The average molecular weight is 284 g/mol. The molecule has 0 fully saturated rings. The van der Waals surface area contributed by atoms with Gasteiger partial charge in [-0.2, -0.15) is 0 Å².